The summed E-state index contributed by atoms with van der Waals surface area (Å²) in [6.07, 6.45) is 1.41. The lowest BCUT2D eigenvalue weighted by atomic mass is 10.1. The predicted octanol–water partition coefficient (Wildman–Crippen LogP) is 2.36. The molecule has 0 spiro atoms. The van der Waals surface area contributed by atoms with Crippen molar-refractivity contribution in [3.8, 4) is 6.07 Å². The van der Waals surface area contributed by atoms with Crippen molar-refractivity contribution in [1.29, 1.82) is 5.26 Å². The summed E-state index contributed by atoms with van der Waals surface area (Å²) in [5, 5.41) is 8.77. The van der Waals surface area contributed by atoms with Gasteiger partial charge in [0.05, 0.1) is 0 Å². The zero-order valence-corrected chi connectivity index (χ0v) is 10.9. The van der Waals surface area contributed by atoms with E-state index >= 15 is 0 Å². The number of halogens is 1. The third-order valence-electron chi connectivity index (χ3n) is 2.83. The summed E-state index contributed by atoms with van der Waals surface area (Å²) in [4.78, 5) is 17.4. The Kier molecular flexibility index (Phi) is 4.06. The molecule has 0 radical (unpaired) electrons. The summed E-state index contributed by atoms with van der Waals surface area (Å²) in [5.41, 5.74) is 0.975. The van der Waals surface area contributed by atoms with Gasteiger partial charge in [-0.25, -0.2) is 9.37 Å². The fourth-order valence-electron chi connectivity index (χ4n) is 1.80. The molecule has 5 heteroatoms. The van der Waals surface area contributed by atoms with Crippen molar-refractivity contribution in [1.82, 2.24) is 9.88 Å². The number of nitrogens with zero attached hydrogens (tertiary/aromatic N) is 3. The molecule has 0 atom stereocenters. The van der Waals surface area contributed by atoms with Crippen molar-refractivity contribution < 1.29 is 9.18 Å². The molecular formula is C15H12FN3O. The van der Waals surface area contributed by atoms with Gasteiger partial charge in [-0.2, -0.15) is 5.26 Å². The van der Waals surface area contributed by atoms with Gasteiger partial charge in [-0.1, -0.05) is 18.2 Å². The molecule has 20 heavy (non-hydrogen) atoms. The highest BCUT2D eigenvalue weighted by Crippen LogP contribution is 2.11. The zero-order valence-electron chi connectivity index (χ0n) is 10.9. The standard InChI is InChI=1S/C15H12FN3O/c1-19(10-12-4-2-3-5-14(12)16)15(20)11-6-7-18-13(8-11)9-17/h2-8H,10H2,1H3. The molecule has 2 rings (SSSR count). The molecule has 1 amide bonds. The monoisotopic (exact) mass is 269 g/mol. The van der Waals surface area contributed by atoms with Gasteiger partial charge in [-0.05, 0) is 18.2 Å². The second kappa shape index (κ2) is 5.93. The van der Waals surface area contributed by atoms with Crippen LogP contribution in [-0.4, -0.2) is 22.8 Å². The molecule has 0 saturated carbocycles. The van der Waals surface area contributed by atoms with Gasteiger partial charge in [0.1, 0.15) is 17.6 Å². The van der Waals surface area contributed by atoms with Crippen molar-refractivity contribution in [3.05, 3.63) is 65.2 Å². The van der Waals surface area contributed by atoms with Crippen LogP contribution >= 0.6 is 0 Å². The molecule has 2 aromatic rings. The Balaban J connectivity index is 2.17. The number of pyridine rings is 1. The molecule has 0 aliphatic rings. The second-order valence-corrected chi connectivity index (χ2v) is 4.29. The number of rotatable bonds is 3. The maximum absolute atomic E-state index is 13.5. The van der Waals surface area contributed by atoms with Crippen molar-refractivity contribution in [2.24, 2.45) is 0 Å². The third kappa shape index (κ3) is 2.98. The summed E-state index contributed by atoms with van der Waals surface area (Å²) in [6.45, 7) is 0.162. The Morgan fingerprint density at radius 2 is 2.15 bits per heavy atom. The van der Waals surface area contributed by atoms with E-state index in [0.29, 0.717) is 11.1 Å². The fourth-order valence-corrected chi connectivity index (χ4v) is 1.80. The van der Waals surface area contributed by atoms with Crippen LogP contribution in [0.3, 0.4) is 0 Å². The Morgan fingerprint density at radius 3 is 2.85 bits per heavy atom. The highest BCUT2D eigenvalue weighted by molar-refractivity contribution is 5.94. The average Bonchev–Trinajstić information content (AvgIpc) is 2.48. The first-order chi connectivity index (χ1) is 9.61. The van der Waals surface area contributed by atoms with Gasteiger partial charge >= 0.3 is 0 Å². The number of hydrogen-bond acceptors (Lipinski definition) is 3. The number of carbonyl (C=O) groups is 1. The summed E-state index contributed by atoms with van der Waals surface area (Å²) >= 11 is 0. The van der Waals surface area contributed by atoms with Crippen molar-refractivity contribution >= 4 is 5.91 Å². The first-order valence-corrected chi connectivity index (χ1v) is 5.97. The van der Waals surface area contributed by atoms with Crippen molar-refractivity contribution in [2.45, 2.75) is 6.54 Å². The molecule has 1 aromatic carbocycles. The van der Waals surface area contributed by atoms with Gasteiger partial charge in [0.15, 0.2) is 0 Å². The highest BCUT2D eigenvalue weighted by atomic mass is 19.1. The lowest BCUT2D eigenvalue weighted by Gasteiger charge is -2.17. The first kappa shape index (κ1) is 13.7. The number of aromatic nitrogens is 1. The Labute approximate surface area is 116 Å². The molecule has 0 unspecified atom stereocenters. The minimum Gasteiger partial charge on any atom is -0.337 e. The van der Waals surface area contributed by atoms with E-state index < -0.39 is 0 Å². The average molecular weight is 269 g/mol. The van der Waals surface area contributed by atoms with E-state index in [4.69, 9.17) is 5.26 Å². The van der Waals surface area contributed by atoms with Gasteiger partial charge in [0, 0.05) is 30.9 Å². The highest BCUT2D eigenvalue weighted by Gasteiger charge is 2.14. The number of carbonyl (C=O) groups excluding carboxylic acids is 1. The van der Waals surface area contributed by atoms with E-state index in [1.165, 1.54) is 29.3 Å². The van der Waals surface area contributed by atoms with Crippen LogP contribution in [0.15, 0.2) is 42.6 Å². The third-order valence-corrected chi connectivity index (χ3v) is 2.83. The maximum atomic E-state index is 13.5. The number of nitriles is 1. The van der Waals surface area contributed by atoms with Crippen molar-refractivity contribution in [2.75, 3.05) is 7.05 Å². The molecular weight excluding hydrogens is 257 g/mol. The van der Waals surface area contributed by atoms with Crippen molar-refractivity contribution in [3.63, 3.8) is 0 Å². The number of hydrogen-bond donors (Lipinski definition) is 0. The van der Waals surface area contributed by atoms with E-state index in [-0.39, 0.29) is 24.0 Å². The predicted molar refractivity (Wildman–Crippen MR) is 71.1 cm³/mol. The Morgan fingerprint density at radius 1 is 1.40 bits per heavy atom. The minimum atomic E-state index is -0.348. The molecule has 4 nitrogen and oxygen atoms in total. The van der Waals surface area contributed by atoms with Crippen LogP contribution < -0.4 is 0 Å². The molecule has 0 saturated heterocycles. The Bertz CT molecular complexity index is 679. The molecule has 0 fully saturated rings. The maximum Gasteiger partial charge on any atom is 0.254 e. The largest absolute Gasteiger partial charge is 0.337 e. The van der Waals surface area contributed by atoms with Crippen LogP contribution in [-0.2, 0) is 6.54 Å². The molecule has 100 valence electrons. The van der Waals surface area contributed by atoms with Crippen LogP contribution in [0.25, 0.3) is 0 Å². The molecule has 0 N–H and O–H groups in total. The van der Waals surface area contributed by atoms with Gasteiger partial charge in [0.25, 0.3) is 5.91 Å². The molecule has 0 aliphatic carbocycles. The zero-order chi connectivity index (χ0) is 14.5. The molecule has 1 heterocycles. The lowest BCUT2D eigenvalue weighted by Crippen LogP contribution is -2.26. The summed E-state index contributed by atoms with van der Waals surface area (Å²) in [7, 11) is 1.58. The van der Waals surface area contributed by atoms with Gasteiger partial charge in [0.2, 0.25) is 0 Å². The molecule has 1 aromatic heterocycles. The van der Waals surface area contributed by atoms with Gasteiger partial charge in [-0.3, -0.25) is 4.79 Å². The quantitative estimate of drug-likeness (QED) is 0.859. The summed E-state index contributed by atoms with van der Waals surface area (Å²) in [6, 6.07) is 11.1. The van der Waals surface area contributed by atoms with Crippen LogP contribution in [0.5, 0.6) is 0 Å². The normalized spacial score (nSPS) is 9.85. The topological polar surface area (TPSA) is 57.0 Å². The molecule has 0 bridgehead atoms. The number of amides is 1. The SMILES string of the molecule is CN(Cc1ccccc1F)C(=O)c1ccnc(C#N)c1. The van der Waals surface area contributed by atoms with E-state index in [0.717, 1.165) is 0 Å². The van der Waals surface area contributed by atoms with Gasteiger partial charge < -0.3 is 4.90 Å². The van der Waals surface area contributed by atoms with Crippen LogP contribution in [0.1, 0.15) is 21.6 Å². The lowest BCUT2D eigenvalue weighted by molar-refractivity contribution is 0.0783. The second-order valence-electron chi connectivity index (χ2n) is 4.29. The molecule has 0 aliphatic heterocycles. The van der Waals surface area contributed by atoms with E-state index in [9.17, 15) is 9.18 Å². The smallest absolute Gasteiger partial charge is 0.254 e. The van der Waals surface area contributed by atoms with E-state index in [1.54, 1.807) is 25.2 Å². The first-order valence-electron chi connectivity index (χ1n) is 5.97. The van der Waals surface area contributed by atoms with E-state index in [2.05, 4.69) is 4.98 Å². The fraction of sp³-hybridized carbons (Fsp3) is 0.133. The minimum absolute atomic E-state index is 0.162. The summed E-state index contributed by atoms with van der Waals surface area (Å²) in [5.74, 6) is -0.633. The van der Waals surface area contributed by atoms with E-state index in [1.807, 2.05) is 6.07 Å². The summed E-state index contributed by atoms with van der Waals surface area (Å²) < 4.78 is 13.5. The van der Waals surface area contributed by atoms with Crippen LogP contribution in [0.4, 0.5) is 4.39 Å². The van der Waals surface area contributed by atoms with Crippen LogP contribution in [0, 0.1) is 17.1 Å². The Hall–Kier alpha value is -2.74. The number of benzene rings is 1. The van der Waals surface area contributed by atoms with Crippen LogP contribution in [0.2, 0.25) is 0 Å². The van der Waals surface area contributed by atoms with Gasteiger partial charge in [-0.15, -0.1) is 0 Å².